The van der Waals surface area contributed by atoms with Gasteiger partial charge in [0.25, 0.3) is 6.43 Å². The molecule has 1 aliphatic rings. The Kier molecular flexibility index (Phi) is 5.07. The maximum atomic E-state index is 11.9. The average Bonchev–Trinajstić information content (AvgIpc) is 2.85. The molecule has 4 nitrogen and oxygen atoms in total. The summed E-state index contributed by atoms with van der Waals surface area (Å²) in [6.45, 7) is 0.416. The molecule has 1 aliphatic heterocycles. The van der Waals surface area contributed by atoms with Gasteiger partial charge in [0, 0.05) is 19.1 Å². The van der Waals surface area contributed by atoms with Crippen LogP contribution in [0.4, 0.5) is 8.78 Å². The van der Waals surface area contributed by atoms with E-state index in [9.17, 15) is 8.78 Å². The molecule has 1 atom stereocenters. The summed E-state index contributed by atoms with van der Waals surface area (Å²) in [4.78, 5) is 0. The molecule has 0 aliphatic carbocycles. The standard InChI is InChI=1S/C13H18F2N2O2/c14-13(15)8-18-5-4-11(17-16)9-1-2-12-10(7-9)3-6-19-12/h1-2,7,11,13,17H,3-6,8,16H2. The number of rotatable bonds is 7. The Morgan fingerprint density at radius 1 is 1.42 bits per heavy atom. The van der Waals surface area contributed by atoms with Crippen molar-refractivity contribution in [1.82, 2.24) is 5.43 Å². The van der Waals surface area contributed by atoms with Gasteiger partial charge < -0.3 is 9.47 Å². The molecule has 0 amide bonds. The van der Waals surface area contributed by atoms with Gasteiger partial charge in [-0.05, 0) is 23.6 Å². The molecule has 6 heteroatoms. The largest absolute Gasteiger partial charge is 0.493 e. The van der Waals surface area contributed by atoms with Crippen LogP contribution in [0, 0.1) is 0 Å². The molecule has 2 rings (SSSR count). The molecule has 3 N–H and O–H groups in total. The second kappa shape index (κ2) is 6.79. The summed E-state index contributed by atoms with van der Waals surface area (Å²) in [5.74, 6) is 6.42. The first-order valence-corrected chi connectivity index (χ1v) is 6.28. The Labute approximate surface area is 110 Å². The van der Waals surface area contributed by atoms with Crippen LogP contribution in [0.3, 0.4) is 0 Å². The number of halogens is 2. The number of nitrogens with two attached hydrogens (primary N) is 1. The van der Waals surface area contributed by atoms with Gasteiger partial charge in [-0.1, -0.05) is 12.1 Å². The van der Waals surface area contributed by atoms with Crippen molar-refractivity contribution in [3.8, 4) is 5.75 Å². The highest BCUT2D eigenvalue weighted by molar-refractivity contribution is 5.40. The molecule has 0 fully saturated rings. The van der Waals surface area contributed by atoms with Crippen molar-refractivity contribution >= 4 is 0 Å². The van der Waals surface area contributed by atoms with Gasteiger partial charge in [-0.15, -0.1) is 0 Å². The van der Waals surface area contributed by atoms with Crippen LogP contribution in [0.2, 0.25) is 0 Å². The summed E-state index contributed by atoms with van der Waals surface area (Å²) in [6.07, 6.45) is -0.994. The third-order valence-electron chi connectivity index (χ3n) is 3.11. The van der Waals surface area contributed by atoms with Gasteiger partial charge in [0.2, 0.25) is 0 Å². The van der Waals surface area contributed by atoms with Crippen LogP contribution in [0.1, 0.15) is 23.6 Å². The molecule has 0 bridgehead atoms. The van der Waals surface area contributed by atoms with E-state index in [1.165, 1.54) is 0 Å². The predicted molar refractivity (Wildman–Crippen MR) is 67.1 cm³/mol. The van der Waals surface area contributed by atoms with Crippen molar-refractivity contribution in [2.24, 2.45) is 5.84 Å². The number of hydrogen-bond donors (Lipinski definition) is 2. The van der Waals surface area contributed by atoms with E-state index in [-0.39, 0.29) is 12.6 Å². The number of benzene rings is 1. The second-order valence-corrected chi connectivity index (χ2v) is 4.44. The van der Waals surface area contributed by atoms with Crippen molar-refractivity contribution in [1.29, 1.82) is 0 Å². The van der Waals surface area contributed by atoms with Crippen LogP contribution in [0.15, 0.2) is 18.2 Å². The number of hydrazine groups is 1. The van der Waals surface area contributed by atoms with E-state index in [4.69, 9.17) is 15.3 Å². The maximum absolute atomic E-state index is 11.9. The smallest absolute Gasteiger partial charge is 0.261 e. The summed E-state index contributed by atoms with van der Waals surface area (Å²) in [6, 6.07) is 5.78. The average molecular weight is 272 g/mol. The first-order valence-electron chi connectivity index (χ1n) is 6.28. The van der Waals surface area contributed by atoms with Crippen LogP contribution >= 0.6 is 0 Å². The van der Waals surface area contributed by atoms with Gasteiger partial charge in [0.15, 0.2) is 0 Å². The molecule has 0 radical (unpaired) electrons. The molecule has 1 heterocycles. The van der Waals surface area contributed by atoms with Gasteiger partial charge >= 0.3 is 0 Å². The fourth-order valence-corrected chi connectivity index (χ4v) is 2.14. The van der Waals surface area contributed by atoms with E-state index in [2.05, 4.69) is 5.43 Å². The van der Waals surface area contributed by atoms with Crippen LogP contribution < -0.4 is 16.0 Å². The maximum Gasteiger partial charge on any atom is 0.261 e. The summed E-state index contributed by atoms with van der Waals surface area (Å²) in [7, 11) is 0. The topological polar surface area (TPSA) is 56.5 Å². The predicted octanol–water partition coefficient (Wildman–Crippen LogP) is 1.80. The Hall–Kier alpha value is -1.24. The van der Waals surface area contributed by atoms with Gasteiger partial charge in [-0.25, -0.2) is 8.78 Å². The lowest BCUT2D eigenvalue weighted by Crippen LogP contribution is -2.29. The normalized spacial score (nSPS) is 15.4. The zero-order chi connectivity index (χ0) is 13.7. The van der Waals surface area contributed by atoms with Crippen molar-refractivity contribution < 1.29 is 18.3 Å². The highest BCUT2D eigenvalue weighted by Gasteiger charge is 2.16. The quantitative estimate of drug-likeness (QED) is 0.451. The molecule has 1 unspecified atom stereocenters. The third-order valence-corrected chi connectivity index (χ3v) is 3.11. The minimum absolute atomic E-state index is 0.108. The van der Waals surface area contributed by atoms with Gasteiger partial charge in [-0.2, -0.15) is 0 Å². The monoisotopic (exact) mass is 272 g/mol. The number of hydrogen-bond acceptors (Lipinski definition) is 4. The second-order valence-electron chi connectivity index (χ2n) is 4.44. The van der Waals surface area contributed by atoms with Crippen LogP contribution in [-0.4, -0.2) is 26.2 Å². The first-order chi connectivity index (χ1) is 9.20. The molecular formula is C13H18F2N2O2. The minimum atomic E-state index is -2.43. The highest BCUT2D eigenvalue weighted by atomic mass is 19.3. The number of ether oxygens (including phenoxy) is 2. The molecule has 0 aromatic heterocycles. The van der Waals surface area contributed by atoms with E-state index < -0.39 is 13.0 Å². The van der Waals surface area contributed by atoms with Crippen LogP contribution in [0.5, 0.6) is 5.75 Å². The van der Waals surface area contributed by atoms with E-state index in [1.807, 2.05) is 18.2 Å². The molecule has 0 saturated carbocycles. The number of alkyl halides is 2. The Bertz CT molecular complexity index is 416. The fraction of sp³-hybridized carbons (Fsp3) is 0.538. The molecule has 19 heavy (non-hydrogen) atoms. The highest BCUT2D eigenvalue weighted by Crippen LogP contribution is 2.28. The summed E-state index contributed by atoms with van der Waals surface area (Å²) in [5, 5.41) is 0. The van der Waals surface area contributed by atoms with Crippen molar-refractivity contribution in [2.75, 3.05) is 19.8 Å². The molecule has 0 spiro atoms. The van der Waals surface area contributed by atoms with E-state index in [0.717, 1.165) is 23.3 Å². The Balaban J connectivity index is 1.90. The summed E-state index contributed by atoms with van der Waals surface area (Å²) >= 11 is 0. The molecule has 106 valence electrons. The fourth-order valence-electron chi connectivity index (χ4n) is 2.14. The van der Waals surface area contributed by atoms with E-state index in [1.54, 1.807) is 0 Å². The Morgan fingerprint density at radius 3 is 3.00 bits per heavy atom. The summed E-state index contributed by atoms with van der Waals surface area (Å²) < 4.78 is 34.2. The lowest BCUT2D eigenvalue weighted by Gasteiger charge is -2.17. The van der Waals surface area contributed by atoms with Gasteiger partial charge in [0.1, 0.15) is 12.4 Å². The van der Waals surface area contributed by atoms with Gasteiger partial charge in [-0.3, -0.25) is 11.3 Å². The molecule has 1 aromatic carbocycles. The van der Waals surface area contributed by atoms with Crippen LogP contribution in [-0.2, 0) is 11.2 Å². The van der Waals surface area contributed by atoms with Crippen molar-refractivity contribution in [3.63, 3.8) is 0 Å². The number of fused-ring (bicyclic) bond motifs is 1. The lowest BCUT2D eigenvalue weighted by atomic mass is 10.0. The third kappa shape index (κ3) is 3.86. The SMILES string of the molecule is NNC(CCOCC(F)F)c1ccc2c(c1)CCO2. The van der Waals surface area contributed by atoms with E-state index >= 15 is 0 Å². The number of nitrogens with one attached hydrogen (secondary N) is 1. The molecular weight excluding hydrogens is 254 g/mol. The first kappa shape index (κ1) is 14.2. The zero-order valence-electron chi connectivity index (χ0n) is 10.6. The van der Waals surface area contributed by atoms with Crippen molar-refractivity contribution in [3.05, 3.63) is 29.3 Å². The summed E-state index contributed by atoms with van der Waals surface area (Å²) in [5.41, 5.74) is 4.87. The molecule has 1 aromatic rings. The van der Waals surface area contributed by atoms with Gasteiger partial charge in [0.05, 0.1) is 6.61 Å². The molecule has 0 saturated heterocycles. The zero-order valence-corrected chi connectivity index (χ0v) is 10.6. The Morgan fingerprint density at radius 2 is 2.26 bits per heavy atom. The van der Waals surface area contributed by atoms with Crippen molar-refractivity contribution in [2.45, 2.75) is 25.3 Å². The van der Waals surface area contributed by atoms with Crippen LogP contribution in [0.25, 0.3) is 0 Å². The minimum Gasteiger partial charge on any atom is -0.493 e. The lowest BCUT2D eigenvalue weighted by molar-refractivity contribution is 0.0143. The van der Waals surface area contributed by atoms with E-state index in [0.29, 0.717) is 13.0 Å².